The largest absolute Gasteiger partial charge is 0.489 e. The molecule has 0 amide bonds. The molecule has 0 bridgehead atoms. The van der Waals surface area contributed by atoms with Crippen molar-refractivity contribution in [2.75, 3.05) is 0 Å². The second kappa shape index (κ2) is 9.24. The monoisotopic (exact) mass is 508 g/mol. The highest BCUT2D eigenvalue weighted by atomic mass is 35.5. The van der Waals surface area contributed by atoms with Crippen LogP contribution in [0.2, 0.25) is 10.0 Å². The first-order chi connectivity index (χ1) is 16.0. The van der Waals surface area contributed by atoms with E-state index in [1.807, 2.05) is 6.07 Å². The number of hydrogen-bond donors (Lipinski definition) is 0. The minimum absolute atomic E-state index is 0.0748. The smallest absolute Gasteiger partial charge is 0.453 e. The molecular formula is C25H17Cl2F3O4. The highest BCUT2D eigenvalue weighted by Crippen LogP contribution is 2.39. The van der Waals surface area contributed by atoms with E-state index in [4.69, 9.17) is 37.1 Å². The van der Waals surface area contributed by atoms with Gasteiger partial charge in [0.25, 0.3) is 5.76 Å². The summed E-state index contributed by atoms with van der Waals surface area (Å²) in [4.78, 5) is 13.0. The number of aryl methyl sites for hydroxylation is 2. The summed E-state index contributed by atoms with van der Waals surface area (Å²) in [5, 5.41) is 0.657. The van der Waals surface area contributed by atoms with Gasteiger partial charge in [-0.05, 0) is 66.9 Å². The third-order valence-electron chi connectivity index (χ3n) is 4.88. The Bertz CT molecular complexity index is 1420. The van der Waals surface area contributed by atoms with Gasteiger partial charge in [0.1, 0.15) is 23.7 Å². The number of benzene rings is 3. The molecule has 0 radical (unpaired) electrons. The zero-order chi connectivity index (χ0) is 24.6. The molecule has 0 atom stereocenters. The first kappa shape index (κ1) is 24.0. The molecular weight excluding hydrogens is 492 g/mol. The van der Waals surface area contributed by atoms with E-state index in [1.54, 1.807) is 32.0 Å². The van der Waals surface area contributed by atoms with Crippen LogP contribution in [0, 0.1) is 13.8 Å². The van der Waals surface area contributed by atoms with Crippen molar-refractivity contribution in [2.45, 2.75) is 26.6 Å². The van der Waals surface area contributed by atoms with Gasteiger partial charge in [-0.15, -0.1) is 0 Å². The second-order valence-electron chi connectivity index (χ2n) is 7.71. The van der Waals surface area contributed by atoms with Gasteiger partial charge in [-0.2, -0.15) is 13.2 Å². The predicted molar refractivity (Wildman–Crippen MR) is 124 cm³/mol. The molecule has 9 heteroatoms. The summed E-state index contributed by atoms with van der Waals surface area (Å²) >= 11 is 11.9. The van der Waals surface area contributed by atoms with E-state index in [0.29, 0.717) is 15.6 Å². The maximum Gasteiger partial charge on any atom is 0.453 e. The lowest BCUT2D eigenvalue weighted by atomic mass is 10.1. The Balaban J connectivity index is 1.72. The molecule has 0 unspecified atom stereocenters. The molecule has 3 aromatic carbocycles. The molecule has 0 aliphatic carbocycles. The van der Waals surface area contributed by atoms with Crippen molar-refractivity contribution < 1.29 is 27.1 Å². The van der Waals surface area contributed by atoms with E-state index in [-0.39, 0.29) is 29.1 Å². The number of ether oxygens (including phenoxy) is 2. The van der Waals surface area contributed by atoms with Crippen LogP contribution in [0.25, 0.3) is 11.0 Å². The zero-order valence-electron chi connectivity index (χ0n) is 17.9. The number of fused-ring (bicyclic) bond motifs is 1. The molecule has 1 heterocycles. The van der Waals surface area contributed by atoms with Crippen molar-refractivity contribution in [3.63, 3.8) is 0 Å². The summed E-state index contributed by atoms with van der Waals surface area (Å²) in [7, 11) is 0. The van der Waals surface area contributed by atoms with E-state index in [1.165, 1.54) is 30.3 Å². The number of halogens is 5. The van der Waals surface area contributed by atoms with Crippen LogP contribution in [0.5, 0.6) is 17.2 Å². The van der Waals surface area contributed by atoms with Gasteiger partial charge in [-0.1, -0.05) is 35.3 Å². The topological polar surface area (TPSA) is 48.7 Å². The molecule has 0 spiro atoms. The van der Waals surface area contributed by atoms with Crippen LogP contribution >= 0.6 is 23.2 Å². The first-order valence-corrected chi connectivity index (χ1v) is 10.8. The summed E-state index contributed by atoms with van der Waals surface area (Å²) < 4.78 is 57.6. The SMILES string of the molecule is Cc1cc(C)cc(Oc2c(C(F)(F)F)oc3cc(OCc4ccc(Cl)c(Cl)c4)ccc3c2=O)c1. The average Bonchev–Trinajstić information content (AvgIpc) is 2.75. The van der Waals surface area contributed by atoms with Crippen molar-refractivity contribution >= 4 is 34.2 Å². The van der Waals surface area contributed by atoms with Gasteiger partial charge in [0, 0.05) is 6.07 Å². The van der Waals surface area contributed by atoms with Gasteiger partial charge in [0.15, 0.2) is 0 Å². The third-order valence-corrected chi connectivity index (χ3v) is 5.62. The molecule has 0 saturated carbocycles. The van der Waals surface area contributed by atoms with Crippen LogP contribution < -0.4 is 14.9 Å². The molecule has 4 nitrogen and oxygen atoms in total. The number of rotatable bonds is 5. The van der Waals surface area contributed by atoms with Crippen LogP contribution in [0.15, 0.2) is 63.8 Å². The van der Waals surface area contributed by atoms with Crippen LogP contribution in [0.4, 0.5) is 13.2 Å². The summed E-state index contributed by atoms with van der Waals surface area (Å²) in [6.07, 6.45) is -4.96. The Labute approximate surface area is 202 Å². The van der Waals surface area contributed by atoms with E-state index in [9.17, 15) is 18.0 Å². The fourth-order valence-electron chi connectivity index (χ4n) is 3.43. The van der Waals surface area contributed by atoms with Crippen LogP contribution in [-0.2, 0) is 12.8 Å². The normalized spacial score (nSPS) is 11.6. The summed E-state index contributed by atoms with van der Waals surface area (Å²) in [5.41, 5.74) is 1.03. The predicted octanol–water partition coefficient (Wildman–Crippen LogP) is 8.11. The van der Waals surface area contributed by atoms with Crippen molar-refractivity contribution in [1.29, 1.82) is 0 Å². The standard InChI is InChI=1S/C25H17Cl2F3O4/c1-13-7-14(2)9-17(8-13)33-23-22(31)18-5-4-16(11-21(18)34-24(23)25(28,29)30)32-12-15-3-6-19(26)20(27)10-15/h3-11H,12H2,1-2H3. The Morgan fingerprint density at radius 2 is 1.59 bits per heavy atom. The fraction of sp³-hybridized carbons (Fsp3) is 0.160. The highest BCUT2D eigenvalue weighted by Gasteiger charge is 2.40. The van der Waals surface area contributed by atoms with Crippen molar-refractivity contribution in [3.05, 3.63) is 97.3 Å². The molecule has 0 aliphatic rings. The molecule has 0 fully saturated rings. The molecule has 1 aromatic heterocycles. The van der Waals surface area contributed by atoms with Gasteiger partial charge in [0.2, 0.25) is 11.2 Å². The van der Waals surface area contributed by atoms with E-state index >= 15 is 0 Å². The third kappa shape index (κ3) is 5.16. The van der Waals surface area contributed by atoms with Gasteiger partial charge >= 0.3 is 6.18 Å². The quantitative estimate of drug-likeness (QED) is 0.273. The molecule has 34 heavy (non-hydrogen) atoms. The molecule has 4 rings (SSSR count). The van der Waals surface area contributed by atoms with Gasteiger partial charge in [0.05, 0.1) is 15.4 Å². The average molecular weight is 509 g/mol. The Morgan fingerprint density at radius 3 is 2.24 bits per heavy atom. The van der Waals surface area contributed by atoms with Gasteiger partial charge in [-0.25, -0.2) is 0 Å². The minimum Gasteiger partial charge on any atom is -0.489 e. The zero-order valence-corrected chi connectivity index (χ0v) is 19.4. The van der Waals surface area contributed by atoms with Gasteiger partial charge in [-0.3, -0.25) is 4.79 Å². The second-order valence-corrected chi connectivity index (χ2v) is 8.52. The van der Waals surface area contributed by atoms with E-state index in [2.05, 4.69) is 0 Å². The summed E-state index contributed by atoms with van der Waals surface area (Å²) in [6.45, 7) is 3.62. The van der Waals surface area contributed by atoms with Crippen molar-refractivity contribution in [1.82, 2.24) is 0 Å². The van der Waals surface area contributed by atoms with Crippen molar-refractivity contribution in [2.24, 2.45) is 0 Å². The highest BCUT2D eigenvalue weighted by molar-refractivity contribution is 6.42. The lowest BCUT2D eigenvalue weighted by molar-refractivity contribution is -0.154. The van der Waals surface area contributed by atoms with Gasteiger partial charge < -0.3 is 13.9 Å². The molecule has 176 valence electrons. The molecule has 0 N–H and O–H groups in total. The number of hydrogen-bond acceptors (Lipinski definition) is 4. The maximum atomic E-state index is 13.8. The Morgan fingerprint density at radius 1 is 0.882 bits per heavy atom. The van der Waals surface area contributed by atoms with E-state index < -0.39 is 23.1 Å². The van der Waals surface area contributed by atoms with E-state index in [0.717, 1.165) is 11.1 Å². The minimum atomic E-state index is -4.96. The summed E-state index contributed by atoms with van der Waals surface area (Å²) in [6, 6.07) is 13.9. The molecule has 0 aliphatic heterocycles. The van der Waals surface area contributed by atoms with Crippen LogP contribution in [-0.4, -0.2) is 0 Å². The lowest BCUT2D eigenvalue weighted by Crippen LogP contribution is -2.15. The Hall–Kier alpha value is -3.16. The maximum absolute atomic E-state index is 13.8. The lowest BCUT2D eigenvalue weighted by Gasteiger charge is -2.14. The first-order valence-electron chi connectivity index (χ1n) is 10.0. The fourth-order valence-corrected chi connectivity index (χ4v) is 3.75. The Kier molecular flexibility index (Phi) is 6.51. The summed E-state index contributed by atoms with van der Waals surface area (Å²) in [5.74, 6) is -2.13. The van der Waals surface area contributed by atoms with Crippen LogP contribution in [0.3, 0.4) is 0 Å². The molecule has 4 aromatic rings. The number of alkyl halides is 3. The van der Waals surface area contributed by atoms with Crippen LogP contribution in [0.1, 0.15) is 22.5 Å². The van der Waals surface area contributed by atoms with Crippen molar-refractivity contribution in [3.8, 4) is 17.2 Å². The molecule has 0 saturated heterocycles.